The van der Waals surface area contributed by atoms with Gasteiger partial charge < -0.3 is 9.47 Å². The van der Waals surface area contributed by atoms with Crippen LogP contribution < -0.4 is 0 Å². The van der Waals surface area contributed by atoms with E-state index in [1.807, 2.05) is 0 Å². The molecule has 0 aromatic heterocycles. The molecular weight excluding hydrogens is 176 g/mol. The van der Waals surface area contributed by atoms with Gasteiger partial charge in [0.05, 0.1) is 20.3 Å². The van der Waals surface area contributed by atoms with Crippen molar-refractivity contribution < 1.29 is 26.6 Å². The summed E-state index contributed by atoms with van der Waals surface area (Å²) in [6.45, 7) is 2.06. The molecule has 1 N–H and O–H groups in total. The van der Waals surface area contributed by atoms with Gasteiger partial charge in [-0.05, 0) is 0 Å². The number of hydrogen-bond donors (Lipinski definition) is 1. The van der Waals surface area contributed by atoms with Gasteiger partial charge in [0, 0.05) is 0 Å². The van der Waals surface area contributed by atoms with Crippen LogP contribution in [0.1, 0.15) is 0 Å². The zero-order valence-corrected chi connectivity index (χ0v) is 6.83. The highest BCUT2D eigenvalue weighted by molar-refractivity contribution is 7.80. The average molecular weight is 186 g/mol. The van der Waals surface area contributed by atoms with Gasteiger partial charge >= 0.3 is 10.4 Å². The second-order valence-corrected chi connectivity index (χ2v) is 2.72. The molecule has 0 saturated carbocycles. The first-order valence-electron chi connectivity index (χ1n) is 2.75. The Morgan fingerprint density at radius 3 is 1.82 bits per heavy atom. The van der Waals surface area contributed by atoms with Gasteiger partial charge in [0.15, 0.2) is 0 Å². The van der Waals surface area contributed by atoms with Gasteiger partial charge in [-0.25, -0.2) is 0 Å². The number of ether oxygens (including phenoxy) is 2. The van der Waals surface area contributed by atoms with Gasteiger partial charge in [-0.15, -0.1) is 0 Å². The van der Waals surface area contributed by atoms with E-state index < -0.39 is 10.4 Å². The summed E-state index contributed by atoms with van der Waals surface area (Å²) in [5.74, 6) is 0. The molecule has 68 valence electrons. The fourth-order valence-corrected chi connectivity index (χ4v) is 0.295. The molecule has 1 aliphatic rings. The Hall–Kier alpha value is -0.210. The molecule has 0 aromatic carbocycles. The average Bonchev–Trinajstić information content (AvgIpc) is 2.41. The minimum atomic E-state index is -4.16. The first-order valence-corrected chi connectivity index (χ1v) is 4.11. The summed E-state index contributed by atoms with van der Waals surface area (Å²) in [6, 6.07) is 0. The molecule has 0 unspecified atom stereocenters. The number of hydrogen-bond acceptors (Lipinski definition) is 5. The zero-order chi connectivity index (χ0) is 8.74. The maximum Gasteiger partial charge on any atom is 0.397 e. The van der Waals surface area contributed by atoms with Crippen LogP contribution in [0.5, 0.6) is 0 Å². The van der Waals surface area contributed by atoms with Crippen molar-refractivity contribution in [2.24, 2.45) is 0 Å². The van der Waals surface area contributed by atoms with Crippen LogP contribution in [0.2, 0.25) is 0 Å². The standard InChI is InChI=1S/C3H6O2.CH4O4S/c1-2-5-3-4-1;1-5-6(2,3)4/h1-3H2;1H3,(H,2,3,4). The van der Waals surface area contributed by atoms with Crippen LogP contribution in [0.4, 0.5) is 0 Å². The molecule has 0 radical (unpaired) electrons. The van der Waals surface area contributed by atoms with Crippen LogP contribution in [-0.4, -0.2) is 40.1 Å². The van der Waals surface area contributed by atoms with E-state index in [1.165, 1.54) is 0 Å². The summed E-state index contributed by atoms with van der Waals surface area (Å²) in [6.07, 6.45) is 0. The third-order valence-corrected chi connectivity index (χ3v) is 1.17. The van der Waals surface area contributed by atoms with E-state index in [4.69, 9.17) is 14.0 Å². The van der Waals surface area contributed by atoms with Gasteiger partial charge in [0.25, 0.3) is 0 Å². The molecule has 1 heterocycles. The lowest BCUT2D eigenvalue weighted by molar-refractivity contribution is 0.0692. The van der Waals surface area contributed by atoms with Crippen molar-refractivity contribution in [3.8, 4) is 0 Å². The molecule has 0 atom stereocenters. The molecular formula is C4H10O6S. The Balaban J connectivity index is 0.000000183. The molecule has 0 aliphatic carbocycles. The highest BCUT2D eigenvalue weighted by atomic mass is 32.3. The second-order valence-electron chi connectivity index (χ2n) is 1.53. The number of rotatable bonds is 1. The lowest BCUT2D eigenvalue weighted by Crippen LogP contribution is -1.96. The summed E-state index contributed by atoms with van der Waals surface area (Å²) < 4.78 is 39.2. The second kappa shape index (κ2) is 5.44. The summed E-state index contributed by atoms with van der Waals surface area (Å²) in [5, 5.41) is 0. The molecule has 7 heteroatoms. The minimum Gasteiger partial charge on any atom is -0.353 e. The summed E-state index contributed by atoms with van der Waals surface area (Å²) in [4.78, 5) is 0. The van der Waals surface area contributed by atoms with Gasteiger partial charge in [-0.2, -0.15) is 8.42 Å². The van der Waals surface area contributed by atoms with E-state index >= 15 is 0 Å². The largest absolute Gasteiger partial charge is 0.397 e. The first-order chi connectivity index (χ1) is 5.06. The molecule has 0 bridgehead atoms. The summed E-state index contributed by atoms with van der Waals surface area (Å²) in [7, 11) is -3.29. The predicted octanol–water partition coefficient (Wildman–Crippen LogP) is -0.574. The van der Waals surface area contributed by atoms with Crippen LogP contribution in [0.3, 0.4) is 0 Å². The lowest BCUT2D eigenvalue weighted by atomic mass is 10.8. The molecule has 1 aliphatic heterocycles. The Morgan fingerprint density at radius 1 is 1.36 bits per heavy atom. The molecule has 1 rings (SSSR count). The Bertz CT molecular complexity index is 161. The van der Waals surface area contributed by atoms with Crippen molar-refractivity contribution in [3.63, 3.8) is 0 Å². The van der Waals surface area contributed by atoms with Crippen molar-refractivity contribution in [1.82, 2.24) is 0 Å². The maximum absolute atomic E-state index is 9.33. The smallest absolute Gasteiger partial charge is 0.353 e. The third kappa shape index (κ3) is 9.79. The van der Waals surface area contributed by atoms with Gasteiger partial charge in [0.1, 0.15) is 6.79 Å². The monoisotopic (exact) mass is 186 g/mol. The van der Waals surface area contributed by atoms with E-state index in [0.717, 1.165) is 20.3 Å². The Morgan fingerprint density at radius 2 is 1.73 bits per heavy atom. The van der Waals surface area contributed by atoms with Crippen molar-refractivity contribution in [3.05, 3.63) is 0 Å². The van der Waals surface area contributed by atoms with Crippen molar-refractivity contribution >= 4 is 10.4 Å². The third-order valence-electron chi connectivity index (χ3n) is 0.749. The normalized spacial score (nSPS) is 17.3. The van der Waals surface area contributed by atoms with E-state index in [-0.39, 0.29) is 0 Å². The predicted molar refractivity (Wildman–Crippen MR) is 35.3 cm³/mol. The Labute approximate surface area is 65.0 Å². The van der Waals surface area contributed by atoms with Crippen molar-refractivity contribution in [2.45, 2.75) is 0 Å². The summed E-state index contributed by atoms with van der Waals surface area (Å²) >= 11 is 0. The van der Waals surface area contributed by atoms with Crippen LogP contribution >= 0.6 is 0 Å². The SMILES string of the molecule is C1COCO1.COS(=O)(=O)O. The topological polar surface area (TPSA) is 82.1 Å². The molecule has 6 nitrogen and oxygen atoms in total. The highest BCUT2D eigenvalue weighted by Gasteiger charge is 1.94. The van der Waals surface area contributed by atoms with Crippen LogP contribution in [-0.2, 0) is 24.1 Å². The quantitative estimate of drug-likeness (QED) is 0.552. The molecule has 0 amide bonds. The van der Waals surface area contributed by atoms with E-state index in [0.29, 0.717) is 6.79 Å². The Kier molecular flexibility index (Phi) is 5.34. The molecule has 0 spiro atoms. The van der Waals surface area contributed by atoms with Gasteiger partial charge in [0.2, 0.25) is 0 Å². The van der Waals surface area contributed by atoms with Crippen LogP contribution in [0.15, 0.2) is 0 Å². The van der Waals surface area contributed by atoms with Crippen LogP contribution in [0, 0.1) is 0 Å². The van der Waals surface area contributed by atoms with E-state index in [9.17, 15) is 8.42 Å². The van der Waals surface area contributed by atoms with E-state index in [2.05, 4.69) is 4.18 Å². The van der Waals surface area contributed by atoms with Crippen molar-refractivity contribution in [2.75, 3.05) is 27.1 Å². The van der Waals surface area contributed by atoms with E-state index in [1.54, 1.807) is 0 Å². The van der Waals surface area contributed by atoms with Crippen molar-refractivity contribution in [1.29, 1.82) is 0 Å². The molecule has 11 heavy (non-hydrogen) atoms. The summed E-state index contributed by atoms with van der Waals surface area (Å²) in [5.41, 5.74) is 0. The minimum absolute atomic E-state index is 0.500. The van der Waals surface area contributed by atoms with Gasteiger partial charge in [-0.1, -0.05) is 0 Å². The molecule has 1 saturated heterocycles. The fraction of sp³-hybridized carbons (Fsp3) is 1.00. The lowest BCUT2D eigenvalue weighted by Gasteiger charge is -1.82. The first kappa shape index (κ1) is 10.8. The molecule has 0 aromatic rings. The maximum atomic E-state index is 9.33. The highest BCUT2D eigenvalue weighted by Crippen LogP contribution is 1.85. The zero-order valence-electron chi connectivity index (χ0n) is 6.02. The van der Waals surface area contributed by atoms with Gasteiger partial charge in [-0.3, -0.25) is 8.74 Å². The van der Waals surface area contributed by atoms with Crippen LogP contribution in [0.25, 0.3) is 0 Å². The fourth-order valence-electron chi connectivity index (χ4n) is 0.295. The molecule has 1 fully saturated rings.